The number of carbonyl (C=O) groups is 3. The molecule has 2 aromatic carbocycles. The van der Waals surface area contributed by atoms with Crippen LogP contribution in [0.2, 0.25) is 5.02 Å². The van der Waals surface area contributed by atoms with Crippen LogP contribution in [0, 0.1) is 5.92 Å². The molecule has 0 amide bonds. The van der Waals surface area contributed by atoms with Crippen LogP contribution in [0.5, 0.6) is 0 Å². The van der Waals surface area contributed by atoms with Crippen LogP contribution in [0.15, 0.2) is 36.4 Å². The standard InChI is InChI=1S/C24H29ClN2O.C4H6O4/c25-22-11-10-18-12-14-26-15-13-21(18)23(22)27-16-17-6-8-20(9-7-17)24(28)19-4-2-1-3-5-19;5-3(6)1-2-4(7)8/h6-11,19,26-27H,1-5,12-16H2;1-2H2,(H,5,6)(H,7,8). The molecule has 4 N–H and O–H groups in total. The fraction of sp³-hybridized carbons (Fsp3) is 0.464. The lowest BCUT2D eigenvalue weighted by molar-refractivity contribution is -0.143. The van der Waals surface area contributed by atoms with Crippen molar-refractivity contribution in [3.63, 3.8) is 0 Å². The monoisotopic (exact) mass is 514 g/mol. The van der Waals surface area contributed by atoms with Gasteiger partial charge < -0.3 is 20.8 Å². The highest BCUT2D eigenvalue weighted by Gasteiger charge is 2.22. The maximum Gasteiger partial charge on any atom is 0.303 e. The molecule has 0 aromatic heterocycles. The number of nitrogens with one attached hydrogen (secondary N) is 2. The van der Waals surface area contributed by atoms with E-state index in [1.165, 1.54) is 36.0 Å². The first-order chi connectivity index (χ1) is 17.3. The number of Topliss-reactive ketones (excluding diaryl/α,β-unsaturated/α-hetero) is 1. The summed E-state index contributed by atoms with van der Waals surface area (Å²) in [5.74, 6) is -1.60. The highest BCUT2D eigenvalue weighted by Crippen LogP contribution is 2.31. The Bertz CT molecular complexity index is 1030. The highest BCUT2D eigenvalue weighted by molar-refractivity contribution is 6.33. The number of carboxylic acids is 2. The predicted octanol–water partition coefficient (Wildman–Crippen LogP) is 5.34. The Kier molecular flexibility index (Phi) is 10.8. The Morgan fingerprint density at radius 3 is 2.17 bits per heavy atom. The first-order valence-corrected chi connectivity index (χ1v) is 13.0. The van der Waals surface area contributed by atoms with Gasteiger partial charge in [-0.3, -0.25) is 14.4 Å². The number of anilines is 1. The molecule has 0 spiro atoms. The third-order valence-electron chi connectivity index (χ3n) is 6.72. The Morgan fingerprint density at radius 2 is 1.53 bits per heavy atom. The van der Waals surface area contributed by atoms with Crippen LogP contribution in [0.3, 0.4) is 0 Å². The number of aliphatic carboxylic acids is 2. The van der Waals surface area contributed by atoms with Gasteiger partial charge in [0.25, 0.3) is 0 Å². The van der Waals surface area contributed by atoms with Crippen molar-refractivity contribution in [3.8, 4) is 0 Å². The first kappa shape index (κ1) is 27.7. The fourth-order valence-electron chi connectivity index (χ4n) is 4.73. The highest BCUT2D eigenvalue weighted by atomic mass is 35.5. The average molecular weight is 515 g/mol. The van der Waals surface area contributed by atoms with Crippen molar-refractivity contribution in [1.29, 1.82) is 0 Å². The summed E-state index contributed by atoms with van der Waals surface area (Å²) in [5, 5.41) is 23.6. The van der Waals surface area contributed by atoms with Gasteiger partial charge in [-0.1, -0.05) is 61.2 Å². The third kappa shape index (κ3) is 8.35. The molecule has 4 rings (SSSR count). The molecule has 2 aromatic rings. The molecule has 0 saturated heterocycles. The first-order valence-electron chi connectivity index (χ1n) is 12.7. The van der Waals surface area contributed by atoms with Crippen LogP contribution in [0.4, 0.5) is 5.69 Å². The third-order valence-corrected chi connectivity index (χ3v) is 7.03. The lowest BCUT2D eigenvalue weighted by Gasteiger charge is -2.20. The molecular formula is C28H35ClN2O5. The molecule has 0 radical (unpaired) electrons. The maximum absolute atomic E-state index is 12.7. The maximum atomic E-state index is 12.7. The molecule has 0 atom stereocenters. The van der Waals surface area contributed by atoms with Crippen LogP contribution < -0.4 is 10.6 Å². The minimum absolute atomic E-state index is 0.227. The van der Waals surface area contributed by atoms with E-state index in [1.807, 2.05) is 18.2 Å². The number of carbonyl (C=O) groups excluding carboxylic acids is 1. The minimum atomic E-state index is -1.08. The van der Waals surface area contributed by atoms with E-state index in [-0.39, 0.29) is 18.8 Å². The van der Waals surface area contributed by atoms with Crippen LogP contribution >= 0.6 is 11.6 Å². The second-order valence-corrected chi connectivity index (χ2v) is 9.75. The number of fused-ring (bicyclic) bond motifs is 1. The zero-order valence-corrected chi connectivity index (χ0v) is 21.3. The Hall–Kier alpha value is -2.90. The Balaban J connectivity index is 0.000000392. The summed E-state index contributed by atoms with van der Waals surface area (Å²) in [6, 6.07) is 12.3. The second-order valence-electron chi connectivity index (χ2n) is 9.35. The van der Waals surface area contributed by atoms with Crippen LogP contribution in [0.25, 0.3) is 0 Å². The van der Waals surface area contributed by atoms with E-state index in [4.69, 9.17) is 21.8 Å². The Morgan fingerprint density at radius 1 is 0.889 bits per heavy atom. The molecule has 1 aliphatic carbocycles. The largest absolute Gasteiger partial charge is 0.481 e. The van der Waals surface area contributed by atoms with Crippen molar-refractivity contribution in [2.75, 3.05) is 18.4 Å². The molecule has 2 aliphatic rings. The quantitative estimate of drug-likeness (QED) is 0.351. The lowest BCUT2D eigenvalue weighted by Crippen LogP contribution is -2.17. The van der Waals surface area contributed by atoms with Crippen molar-refractivity contribution < 1.29 is 24.6 Å². The van der Waals surface area contributed by atoms with Gasteiger partial charge in [-0.25, -0.2) is 0 Å². The van der Waals surface area contributed by atoms with E-state index in [0.29, 0.717) is 12.3 Å². The van der Waals surface area contributed by atoms with Gasteiger partial charge in [-0.15, -0.1) is 0 Å². The summed E-state index contributed by atoms with van der Waals surface area (Å²) in [5.41, 5.74) is 5.80. The van der Waals surface area contributed by atoms with Crippen LogP contribution in [-0.4, -0.2) is 41.0 Å². The van der Waals surface area contributed by atoms with Crippen molar-refractivity contribution in [3.05, 3.63) is 63.7 Å². The molecule has 7 nitrogen and oxygen atoms in total. The molecule has 194 valence electrons. The molecular weight excluding hydrogens is 480 g/mol. The van der Waals surface area contributed by atoms with E-state index < -0.39 is 11.9 Å². The van der Waals surface area contributed by atoms with Gasteiger partial charge in [0.1, 0.15) is 0 Å². The van der Waals surface area contributed by atoms with Crippen molar-refractivity contribution in [1.82, 2.24) is 5.32 Å². The number of carboxylic acid groups (broad SMARTS) is 2. The van der Waals surface area contributed by atoms with E-state index in [9.17, 15) is 14.4 Å². The normalized spacial score (nSPS) is 15.6. The number of ketones is 1. The Labute approximate surface area is 217 Å². The topological polar surface area (TPSA) is 116 Å². The lowest BCUT2D eigenvalue weighted by atomic mass is 9.84. The van der Waals surface area contributed by atoms with Crippen LogP contribution in [0.1, 0.15) is 72.0 Å². The van der Waals surface area contributed by atoms with E-state index in [0.717, 1.165) is 55.0 Å². The number of rotatable bonds is 8. The molecule has 0 bridgehead atoms. The summed E-state index contributed by atoms with van der Waals surface area (Å²) < 4.78 is 0. The van der Waals surface area contributed by atoms with E-state index >= 15 is 0 Å². The van der Waals surface area contributed by atoms with Gasteiger partial charge >= 0.3 is 11.9 Å². The molecule has 1 fully saturated rings. The summed E-state index contributed by atoms with van der Waals surface area (Å²) in [7, 11) is 0. The zero-order valence-electron chi connectivity index (χ0n) is 20.5. The van der Waals surface area contributed by atoms with Gasteiger partial charge in [0.2, 0.25) is 0 Å². The number of hydrogen-bond acceptors (Lipinski definition) is 5. The molecule has 1 saturated carbocycles. The summed E-state index contributed by atoms with van der Waals surface area (Å²) >= 11 is 6.51. The van der Waals surface area contributed by atoms with Gasteiger partial charge in [0, 0.05) is 18.0 Å². The van der Waals surface area contributed by atoms with Gasteiger partial charge in [0.15, 0.2) is 5.78 Å². The van der Waals surface area contributed by atoms with Gasteiger partial charge in [0.05, 0.1) is 23.6 Å². The van der Waals surface area contributed by atoms with Gasteiger partial charge in [-0.2, -0.15) is 0 Å². The molecule has 36 heavy (non-hydrogen) atoms. The number of hydrogen-bond donors (Lipinski definition) is 4. The van der Waals surface area contributed by atoms with Crippen LogP contribution in [-0.2, 0) is 29.0 Å². The molecule has 1 aliphatic heterocycles. The minimum Gasteiger partial charge on any atom is -0.481 e. The predicted molar refractivity (Wildman–Crippen MR) is 141 cm³/mol. The van der Waals surface area contributed by atoms with Crippen molar-refractivity contribution in [2.24, 2.45) is 5.92 Å². The van der Waals surface area contributed by atoms with Crippen molar-refractivity contribution in [2.45, 2.75) is 64.3 Å². The number of benzene rings is 2. The molecule has 8 heteroatoms. The van der Waals surface area contributed by atoms with E-state index in [2.05, 4.69) is 28.8 Å². The number of halogens is 1. The fourth-order valence-corrected chi connectivity index (χ4v) is 4.97. The zero-order chi connectivity index (χ0) is 25.9. The summed E-state index contributed by atoms with van der Waals surface area (Å²) in [6.07, 6.45) is 7.20. The molecule has 0 unspecified atom stereocenters. The average Bonchev–Trinajstić information content (AvgIpc) is 3.13. The summed E-state index contributed by atoms with van der Waals surface area (Å²) in [4.78, 5) is 32.0. The summed E-state index contributed by atoms with van der Waals surface area (Å²) in [6.45, 7) is 2.71. The van der Waals surface area contributed by atoms with Crippen molar-refractivity contribution >= 4 is 35.0 Å². The molecule has 1 heterocycles. The van der Waals surface area contributed by atoms with Gasteiger partial charge in [-0.05, 0) is 61.5 Å². The van der Waals surface area contributed by atoms with E-state index in [1.54, 1.807) is 0 Å². The second kappa shape index (κ2) is 14.0. The smallest absolute Gasteiger partial charge is 0.303 e. The SMILES string of the molecule is O=C(O)CCC(=O)O.O=C(c1ccc(CNc2c(Cl)ccc3c2CCNCC3)cc1)C1CCCCC1.